The van der Waals surface area contributed by atoms with Crippen molar-refractivity contribution >= 4 is 15.9 Å². The Morgan fingerprint density at radius 2 is 2.06 bits per heavy atom. The highest BCUT2D eigenvalue weighted by Gasteiger charge is 2.11. The molecule has 0 heterocycles. The first-order valence-electron chi connectivity index (χ1n) is 6.77. The largest absolute Gasteiger partial charge is 0.490 e. The van der Waals surface area contributed by atoms with E-state index in [9.17, 15) is 0 Å². The Kier molecular flexibility index (Phi) is 6.72. The third-order valence-electron chi connectivity index (χ3n) is 3.05. The Balaban J connectivity index is 2.82. The first-order chi connectivity index (χ1) is 8.56. The second-order valence-corrected chi connectivity index (χ2v) is 5.76. The van der Waals surface area contributed by atoms with Crippen molar-refractivity contribution < 1.29 is 4.74 Å². The van der Waals surface area contributed by atoms with Crippen molar-refractivity contribution in [2.45, 2.75) is 58.6 Å². The second-order valence-electron chi connectivity index (χ2n) is 4.84. The van der Waals surface area contributed by atoms with Gasteiger partial charge in [0, 0.05) is 10.5 Å². The zero-order valence-electron chi connectivity index (χ0n) is 11.6. The minimum Gasteiger partial charge on any atom is -0.490 e. The number of benzene rings is 1. The van der Waals surface area contributed by atoms with Crippen molar-refractivity contribution in [3.63, 3.8) is 0 Å². The summed E-state index contributed by atoms with van der Waals surface area (Å²) in [5.41, 5.74) is 7.24. The van der Waals surface area contributed by atoms with Gasteiger partial charge in [0.2, 0.25) is 0 Å². The first kappa shape index (κ1) is 15.5. The lowest BCUT2D eigenvalue weighted by molar-refractivity contribution is 0.207. The highest BCUT2D eigenvalue weighted by molar-refractivity contribution is 9.10. The molecule has 18 heavy (non-hydrogen) atoms. The fraction of sp³-hybridized carbons (Fsp3) is 0.600. The van der Waals surface area contributed by atoms with Gasteiger partial charge in [-0.1, -0.05) is 36.2 Å². The van der Waals surface area contributed by atoms with Crippen molar-refractivity contribution in [2.75, 3.05) is 0 Å². The molecule has 2 nitrogen and oxygen atoms in total. The van der Waals surface area contributed by atoms with Crippen molar-refractivity contribution in [2.24, 2.45) is 5.73 Å². The summed E-state index contributed by atoms with van der Waals surface area (Å²) in [6.45, 7) is 6.41. The molecule has 0 amide bonds. The van der Waals surface area contributed by atoms with Crippen LogP contribution < -0.4 is 10.5 Å². The molecule has 0 fully saturated rings. The van der Waals surface area contributed by atoms with Crippen LogP contribution in [0.2, 0.25) is 0 Å². The molecule has 0 bridgehead atoms. The topological polar surface area (TPSA) is 35.2 Å². The number of halogens is 1. The number of rotatable bonds is 7. The lowest BCUT2D eigenvalue weighted by Gasteiger charge is -2.19. The molecule has 0 aliphatic rings. The van der Waals surface area contributed by atoms with Gasteiger partial charge in [0.25, 0.3) is 0 Å². The molecular formula is C15H24BrNO. The molecule has 1 aromatic rings. The highest BCUT2D eigenvalue weighted by atomic mass is 79.9. The van der Waals surface area contributed by atoms with E-state index in [0.29, 0.717) is 0 Å². The molecule has 1 rings (SSSR count). The van der Waals surface area contributed by atoms with Gasteiger partial charge in [0.1, 0.15) is 5.75 Å². The maximum absolute atomic E-state index is 6.04. The quantitative estimate of drug-likeness (QED) is 0.814. The van der Waals surface area contributed by atoms with E-state index >= 15 is 0 Å². The second kappa shape index (κ2) is 7.80. The third kappa shape index (κ3) is 4.99. The van der Waals surface area contributed by atoms with Gasteiger partial charge in [-0.3, -0.25) is 0 Å². The van der Waals surface area contributed by atoms with Crippen LogP contribution in [0.4, 0.5) is 0 Å². The van der Waals surface area contributed by atoms with Crippen LogP contribution >= 0.6 is 15.9 Å². The van der Waals surface area contributed by atoms with Gasteiger partial charge in [0.05, 0.1) is 6.10 Å². The van der Waals surface area contributed by atoms with Crippen LogP contribution in [0.1, 0.15) is 45.6 Å². The standard InChI is InChI=1S/C15H24BrNO/c1-4-6-11(3)18-15-8-7-13(16)9-12(15)10-14(17)5-2/h7-9,11,14H,4-6,10,17H2,1-3H3. The van der Waals surface area contributed by atoms with E-state index in [0.717, 1.165) is 35.9 Å². The van der Waals surface area contributed by atoms with Gasteiger partial charge < -0.3 is 10.5 Å². The lowest BCUT2D eigenvalue weighted by Crippen LogP contribution is -2.22. The molecule has 0 aromatic heterocycles. The average Bonchev–Trinajstić information content (AvgIpc) is 2.33. The summed E-state index contributed by atoms with van der Waals surface area (Å²) in [5, 5.41) is 0. The monoisotopic (exact) mass is 313 g/mol. The van der Waals surface area contributed by atoms with E-state index in [2.05, 4.69) is 42.8 Å². The molecule has 3 heteroatoms. The molecule has 1 aromatic carbocycles. The number of nitrogens with two attached hydrogens (primary N) is 1. The van der Waals surface area contributed by atoms with Crippen LogP contribution in [-0.4, -0.2) is 12.1 Å². The van der Waals surface area contributed by atoms with E-state index in [1.807, 2.05) is 12.1 Å². The van der Waals surface area contributed by atoms with Crippen LogP contribution in [0.3, 0.4) is 0 Å². The molecular weight excluding hydrogens is 290 g/mol. The first-order valence-corrected chi connectivity index (χ1v) is 7.56. The Bertz CT molecular complexity index is 368. The lowest BCUT2D eigenvalue weighted by atomic mass is 10.0. The molecule has 2 unspecified atom stereocenters. The predicted octanol–water partition coefficient (Wildman–Crippen LogP) is 4.30. The summed E-state index contributed by atoms with van der Waals surface area (Å²) in [5.74, 6) is 0.975. The Morgan fingerprint density at radius 1 is 1.33 bits per heavy atom. The summed E-state index contributed by atoms with van der Waals surface area (Å²) < 4.78 is 7.09. The van der Waals surface area contributed by atoms with E-state index in [1.54, 1.807) is 0 Å². The molecule has 2 atom stereocenters. The van der Waals surface area contributed by atoms with E-state index in [4.69, 9.17) is 10.5 Å². The predicted molar refractivity (Wildman–Crippen MR) is 81.1 cm³/mol. The maximum Gasteiger partial charge on any atom is 0.123 e. The molecule has 0 saturated heterocycles. The third-order valence-corrected chi connectivity index (χ3v) is 3.55. The molecule has 0 aliphatic carbocycles. The summed E-state index contributed by atoms with van der Waals surface area (Å²) in [6, 6.07) is 6.37. The summed E-state index contributed by atoms with van der Waals surface area (Å²) >= 11 is 3.51. The zero-order valence-corrected chi connectivity index (χ0v) is 13.2. The van der Waals surface area contributed by atoms with Gasteiger partial charge >= 0.3 is 0 Å². The van der Waals surface area contributed by atoms with E-state index < -0.39 is 0 Å². The SMILES string of the molecule is CCCC(C)Oc1ccc(Br)cc1CC(N)CC. The normalized spacial score (nSPS) is 14.3. The maximum atomic E-state index is 6.04. The van der Waals surface area contributed by atoms with Crippen LogP contribution in [0, 0.1) is 0 Å². The van der Waals surface area contributed by atoms with Crippen molar-refractivity contribution in [3.05, 3.63) is 28.2 Å². The average molecular weight is 314 g/mol. The molecule has 0 aliphatic heterocycles. The van der Waals surface area contributed by atoms with Crippen LogP contribution in [0.25, 0.3) is 0 Å². The molecule has 2 N–H and O–H groups in total. The van der Waals surface area contributed by atoms with Gasteiger partial charge in [-0.15, -0.1) is 0 Å². The Labute approximate surface area is 119 Å². The minimum absolute atomic E-state index is 0.197. The number of ether oxygens (including phenoxy) is 1. The number of hydrogen-bond donors (Lipinski definition) is 1. The molecule has 0 saturated carbocycles. The fourth-order valence-corrected chi connectivity index (χ4v) is 2.34. The molecule has 0 radical (unpaired) electrons. The summed E-state index contributed by atoms with van der Waals surface area (Å²) in [7, 11) is 0. The zero-order chi connectivity index (χ0) is 13.5. The van der Waals surface area contributed by atoms with Gasteiger partial charge in [-0.25, -0.2) is 0 Å². The Hall–Kier alpha value is -0.540. The van der Waals surface area contributed by atoms with E-state index in [1.165, 1.54) is 5.56 Å². The highest BCUT2D eigenvalue weighted by Crippen LogP contribution is 2.26. The van der Waals surface area contributed by atoms with Crippen LogP contribution in [-0.2, 0) is 6.42 Å². The summed E-state index contributed by atoms with van der Waals surface area (Å²) in [4.78, 5) is 0. The smallest absolute Gasteiger partial charge is 0.123 e. The van der Waals surface area contributed by atoms with Crippen molar-refractivity contribution in [1.82, 2.24) is 0 Å². The van der Waals surface area contributed by atoms with Gasteiger partial charge in [0.15, 0.2) is 0 Å². The van der Waals surface area contributed by atoms with Crippen LogP contribution in [0.15, 0.2) is 22.7 Å². The fourth-order valence-electron chi connectivity index (χ4n) is 1.93. The molecule has 0 spiro atoms. The van der Waals surface area contributed by atoms with Crippen molar-refractivity contribution in [1.29, 1.82) is 0 Å². The van der Waals surface area contributed by atoms with Gasteiger partial charge in [-0.05, 0) is 49.9 Å². The van der Waals surface area contributed by atoms with Crippen molar-refractivity contribution in [3.8, 4) is 5.75 Å². The minimum atomic E-state index is 0.197. The van der Waals surface area contributed by atoms with Gasteiger partial charge in [-0.2, -0.15) is 0 Å². The Morgan fingerprint density at radius 3 is 2.67 bits per heavy atom. The molecule has 102 valence electrons. The summed E-state index contributed by atoms with van der Waals surface area (Å²) in [6.07, 6.45) is 4.32. The number of hydrogen-bond acceptors (Lipinski definition) is 2. The van der Waals surface area contributed by atoms with E-state index in [-0.39, 0.29) is 12.1 Å². The van der Waals surface area contributed by atoms with Crippen LogP contribution in [0.5, 0.6) is 5.75 Å².